The fourth-order valence-corrected chi connectivity index (χ4v) is 3.58. The van der Waals surface area contributed by atoms with Gasteiger partial charge < -0.3 is 10.1 Å². The van der Waals surface area contributed by atoms with Crippen molar-refractivity contribution < 1.29 is 14.3 Å². The maximum Gasteiger partial charge on any atom is 0.238 e. The van der Waals surface area contributed by atoms with Crippen molar-refractivity contribution in [2.75, 3.05) is 24.7 Å². The molecule has 7 heteroatoms. The van der Waals surface area contributed by atoms with Crippen LogP contribution in [0.4, 0.5) is 5.69 Å². The lowest BCUT2D eigenvalue weighted by Gasteiger charge is -2.14. The van der Waals surface area contributed by atoms with E-state index in [9.17, 15) is 9.59 Å². The molecule has 0 bridgehead atoms. The molecule has 0 aliphatic carbocycles. The van der Waals surface area contributed by atoms with Crippen molar-refractivity contribution in [2.45, 2.75) is 32.6 Å². The van der Waals surface area contributed by atoms with Crippen LogP contribution in [0.2, 0.25) is 0 Å². The smallest absolute Gasteiger partial charge is 0.238 e. The fourth-order valence-electron chi connectivity index (χ4n) is 2.46. The molecule has 1 heterocycles. The summed E-state index contributed by atoms with van der Waals surface area (Å²) >= 11 is 6.56. The molecule has 0 radical (unpaired) electrons. The van der Waals surface area contributed by atoms with Gasteiger partial charge in [0, 0.05) is 13.0 Å². The molecule has 130 valence electrons. The largest absolute Gasteiger partial charge is 0.495 e. The minimum Gasteiger partial charge on any atom is -0.495 e. The predicted molar refractivity (Wildman–Crippen MR) is 102 cm³/mol. The second-order valence-corrected chi connectivity index (χ2v) is 7.27. The molecule has 2 amide bonds. The summed E-state index contributed by atoms with van der Waals surface area (Å²) < 4.78 is 5.93. The summed E-state index contributed by atoms with van der Waals surface area (Å²) in [7, 11) is 1.59. The summed E-state index contributed by atoms with van der Waals surface area (Å²) in [6, 6.07) is 5.68. The van der Waals surface area contributed by atoms with Crippen LogP contribution in [0.3, 0.4) is 0 Å². The Balaban J connectivity index is 1.69. The van der Waals surface area contributed by atoms with E-state index in [1.165, 1.54) is 11.8 Å². The number of thioether (sulfide) groups is 1. The standard InChI is InChI=1S/C17H22N2O3S2/c1-12-7-8-14(22-2)13(10-12)18-15(20)6-4-3-5-9-19-16(21)11-24-17(19)23/h7-8,10H,3-6,9,11H2,1-2H3,(H,18,20). The first-order chi connectivity index (χ1) is 11.5. The van der Waals surface area contributed by atoms with Crippen LogP contribution in [-0.4, -0.2) is 40.4 Å². The van der Waals surface area contributed by atoms with Gasteiger partial charge in [-0.05, 0) is 37.5 Å². The summed E-state index contributed by atoms with van der Waals surface area (Å²) in [5, 5.41) is 2.90. The zero-order valence-electron chi connectivity index (χ0n) is 14.0. The van der Waals surface area contributed by atoms with E-state index in [0.717, 1.165) is 24.8 Å². The summed E-state index contributed by atoms with van der Waals surface area (Å²) in [5.74, 6) is 1.18. The van der Waals surface area contributed by atoms with Crippen LogP contribution in [0.15, 0.2) is 18.2 Å². The topological polar surface area (TPSA) is 58.6 Å². The van der Waals surface area contributed by atoms with Crippen molar-refractivity contribution in [3.05, 3.63) is 23.8 Å². The average Bonchev–Trinajstić information content (AvgIpc) is 2.86. The number of nitrogens with one attached hydrogen (secondary N) is 1. The second kappa shape index (κ2) is 9.03. The highest BCUT2D eigenvalue weighted by Gasteiger charge is 2.25. The number of methoxy groups -OCH3 is 1. The highest BCUT2D eigenvalue weighted by atomic mass is 32.2. The number of rotatable bonds is 8. The molecule has 2 rings (SSSR count). The number of benzene rings is 1. The molecule has 1 aromatic rings. The van der Waals surface area contributed by atoms with E-state index < -0.39 is 0 Å². The minimum absolute atomic E-state index is 0.0257. The van der Waals surface area contributed by atoms with E-state index >= 15 is 0 Å². The Bertz CT molecular complexity index is 618. The zero-order valence-corrected chi connectivity index (χ0v) is 15.6. The summed E-state index contributed by atoms with van der Waals surface area (Å²) in [4.78, 5) is 25.3. The van der Waals surface area contributed by atoms with Crippen molar-refractivity contribution in [3.63, 3.8) is 0 Å². The SMILES string of the molecule is COc1ccc(C)cc1NC(=O)CCCCCN1C(=O)CSC1=S. The van der Waals surface area contributed by atoms with E-state index in [4.69, 9.17) is 17.0 Å². The van der Waals surface area contributed by atoms with Gasteiger partial charge in [0.05, 0.1) is 18.6 Å². The third-order valence-corrected chi connectivity index (χ3v) is 5.19. The molecule has 1 fully saturated rings. The summed E-state index contributed by atoms with van der Waals surface area (Å²) in [6.07, 6.45) is 2.97. The zero-order chi connectivity index (χ0) is 17.5. The van der Waals surface area contributed by atoms with E-state index in [0.29, 0.717) is 34.5 Å². The fraction of sp³-hybridized carbons (Fsp3) is 0.471. The van der Waals surface area contributed by atoms with Gasteiger partial charge in [-0.3, -0.25) is 14.5 Å². The molecule has 0 unspecified atom stereocenters. The maximum atomic E-state index is 12.1. The molecule has 0 saturated carbocycles. The van der Waals surface area contributed by atoms with E-state index in [1.54, 1.807) is 12.0 Å². The number of ether oxygens (including phenoxy) is 1. The highest BCUT2D eigenvalue weighted by Crippen LogP contribution is 2.25. The molecule has 0 aromatic heterocycles. The molecular formula is C17H22N2O3S2. The van der Waals surface area contributed by atoms with Gasteiger partial charge in [-0.25, -0.2) is 0 Å². The monoisotopic (exact) mass is 366 g/mol. The normalized spacial score (nSPS) is 14.2. The Hall–Kier alpha value is -1.60. The summed E-state index contributed by atoms with van der Waals surface area (Å²) in [5.41, 5.74) is 1.77. The quantitative estimate of drug-likeness (QED) is 0.565. The van der Waals surface area contributed by atoms with E-state index in [2.05, 4.69) is 5.32 Å². The number of carbonyl (C=O) groups is 2. The Labute approximate surface area is 152 Å². The van der Waals surface area contributed by atoms with Gasteiger partial charge in [0.1, 0.15) is 10.1 Å². The van der Waals surface area contributed by atoms with Crippen molar-refractivity contribution in [2.24, 2.45) is 0 Å². The first-order valence-corrected chi connectivity index (χ1v) is 9.32. The Morgan fingerprint density at radius 1 is 1.38 bits per heavy atom. The number of amides is 2. The number of thiocarbonyl (C=S) groups is 1. The van der Waals surface area contributed by atoms with Crippen LogP contribution in [0.5, 0.6) is 5.75 Å². The van der Waals surface area contributed by atoms with Crippen molar-refractivity contribution in [1.82, 2.24) is 4.90 Å². The van der Waals surface area contributed by atoms with Gasteiger partial charge in [0.25, 0.3) is 0 Å². The predicted octanol–water partition coefficient (Wildman–Crippen LogP) is 3.36. The number of carbonyl (C=O) groups excluding carboxylic acids is 2. The third kappa shape index (κ3) is 5.21. The number of hydrogen-bond donors (Lipinski definition) is 1. The Morgan fingerprint density at radius 3 is 2.83 bits per heavy atom. The molecular weight excluding hydrogens is 344 g/mol. The number of unbranched alkanes of at least 4 members (excludes halogenated alkanes) is 2. The lowest BCUT2D eigenvalue weighted by atomic mass is 10.1. The average molecular weight is 367 g/mol. The molecule has 24 heavy (non-hydrogen) atoms. The maximum absolute atomic E-state index is 12.1. The molecule has 0 spiro atoms. The van der Waals surface area contributed by atoms with Crippen LogP contribution in [0, 0.1) is 6.92 Å². The minimum atomic E-state index is -0.0257. The van der Waals surface area contributed by atoms with E-state index in [-0.39, 0.29) is 11.8 Å². The van der Waals surface area contributed by atoms with Gasteiger partial charge in [-0.15, -0.1) is 0 Å². The van der Waals surface area contributed by atoms with Gasteiger partial charge in [0.15, 0.2) is 0 Å². The highest BCUT2D eigenvalue weighted by molar-refractivity contribution is 8.23. The number of nitrogens with zero attached hydrogens (tertiary/aromatic N) is 1. The molecule has 1 saturated heterocycles. The van der Waals surface area contributed by atoms with Crippen molar-refractivity contribution >= 4 is 45.8 Å². The van der Waals surface area contributed by atoms with Crippen LogP contribution < -0.4 is 10.1 Å². The molecule has 1 aliphatic rings. The van der Waals surface area contributed by atoms with Gasteiger partial charge in [0.2, 0.25) is 11.8 Å². The van der Waals surface area contributed by atoms with E-state index in [1.807, 2.05) is 25.1 Å². The van der Waals surface area contributed by atoms with Crippen LogP contribution in [-0.2, 0) is 9.59 Å². The second-order valence-electron chi connectivity index (χ2n) is 5.66. The number of anilines is 1. The summed E-state index contributed by atoms with van der Waals surface area (Å²) in [6.45, 7) is 2.62. The first-order valence-electron chi connectivity index (χ1n) is 7.93. The lowest BCUT2D eigenvalue weighted by molar-refractivity contribution is -0.124. The number of aryl methyl sites for hydroxylation is 1. The Kier molecular flexibility index (Phi) is 7.05. The van der Waals surface area contributed by atoms with Crippen LogP contribution in [0.1, 0.15) is 31.2 Å². The van der Waals surface area contributed by atoms with Gasteiger partial charge in [-0.1, -0.05) is 36.5 Å². The lowest BCUT2D eigenvalue weighted by Crippen LogP contribution is -2.29. The number of hydrogen-bond acceptors (Lipinski definition) is 5. The van der Waals surface area contributed by atoms with Crippen LogP contribution >= 0.6 is 24.0 Å². The van der Waals surface area contributed by atoms with Gasteiger partial charge in [-0.2, -0.15) is 0 Å². The third-order valence-electron chi connectivity index (χ3n) is 3.76. The molecule has 1 aromatic carbocycles. The van der Waals surface area contributed by atoms with Crippen molar-refractivity contribution in [1.29, 1.82) is 0 Å². The first kappa shape index (κ1) is 18.7. The molecule has 5 nitrogen and oxygen atoms in total. The molecule has 0 atom stereocenters. The van der Waals surface area contributed by atoms with Gasteiger partial charge >= 0.3 is 0 Å². The van der Waals surface area contributed by atoms with Crippen molar-refractivity contribution in [3.8, 4) is 5.75 Å². The molecule has 1 N–H and O–H groups in total. The Morgan fingerprint density at radius 2 is 2.17 bits per heavy atom. The molecule has 1 aliphatic heterocycles. The van der Waals surface area contributed by atoms with Crippen LogP contribution in [0.25, 0.3) is 0 Å².